The van der Waals surface area contributed by atoms with Crippen LogP contribution in [-0.2, 0) is 24.4 Å². The molecule has 4 atom stereocenters. The van der Waals surface area contributed by atoms with Crippen LogP contribution >= 0.6 is 0 Å². The van der Waals surface area contributed by atoms with Crippen molar-refractivity contribution in [1.29, 1.82) is 0 Å². The number of aromatic nitrogens is 1. The largest absolute Gasteiger partial charge is 0.431 e. The van der Waals surface area contributed by atoms with E-state index in [0.29, 0.717) is 42.3 Å². The van der Waals surface area contributed by atoms with E-state index in [2.05, 4.69) is 5.32 Å². The first-order valence-corrected chi connectivity index (χ1v) is 10.5. The molecule has 8 heteroatoms. The predicted octanol–water partition coefficient (Wildman–Crippen LogP) is 3.04. The van der Waals surface area contributed by atoms with Crippen LogP contribution in [0.5, 0.6) is 0 Å². The van der Waals surface area contributed by atoms with Gasteiger partial charge in [0.2, 0.25) is 5.91 Å². The number of fused-ring (bicyclic) bond motifs is 2. The van der Waals surface area contributed by atoms with Gasteiger partial charge in [0.15, 0.2) is 0 Å². The minimum Gasteiger partial charge on any atom is -0.394 e. The van der Waals surface area contributed by atoms with Crippen molar-refractivity contribution in [1.82, 2.24) is 14.8 Å². The van der Waals surface area contributed by atoms with E-state index in [0.717, 1.165) is 5.56 Å². The van der Waals surface area contributed by atoms with Gasteiger partial charge in [0.05, 0.1) is 18.6 Å². The Morgan fingerprint density at radius 3 is 2.70 bits per heavy atom. The molecule has 5 nitrogen and oxygen atoms in total. The third-order valence-corrected chi connectivity index (χ3v) is 6.95. The highest BCUT2D eigenvalue weighted by Crippen LogP contribution is 2.48. The van der Waals surface area contributed by atoms with Gasteiger partial charge in [-0.3, -0.25) is 4.79 Å². The molecule has 0 saturated carbocycles. The third-order valence-electron chi connectivity index (χ3n) is 6.95. The number of aliphatic hydroxyl groups is 1. The van der Waals surface area contributed by atoms with Crippen LogP contribution in [0, 0.1) is 5.92 Å². The Morgan fingerprint density at radius 1 is 1.33 bits per heavy atom. The van der Waals surface area contributed by atoms with Gasteiger partial charge in [0, 0.05) is 36.5 Å². The molecule has 0 bridgehead atoms. The summed E-state index contributed by atoms with van der Waals surface area (Å²) in [6, 6.07) is 5.12. The summed E-state index contributed by atoms with van der Waals surface area (Å²) < 4.78 is 42.8. The minimum atomic E-state index is -4.41. The summed E-state index contributed by atoms with van der Waals surface area (Å²) in [6.45, 7) is 2.29. The highest BCUT2D eigenvalue weighted by atomic mass is 19.4. The molecule has 2 heterocycles. The number of rotatable bonds is 4. The SMILES string of the molecule is CCC(CO)NC(=O)C1CC2c3cccc4c3c(c(C(F)(F)F)n4C)CC2N(C)C1. The normalized spacial score (nSPS) is 25.2. The smallest absolute Gasteiger partial charge is 0.394 e. The first-order chi connectivity index (χ1) is 14.2. The fourth-order valence-corrected chi connectivity index (χ4v) is 5.43. The second kappa shape index (κ2) is 7.57. The lowest BCUT2D eigenvalue weighted by atomic mass is 9.72. The van der Waals surface area contributed by atoms with Crippen LogP contribution < -0.4 is 5.32 Å². The number of carbonyl (C=O) groups excluding carboxylic acids is 1. The van der Waals surface area contributed by atoms with Gasteiger partial charge < -0.3 is 19.9 Å². The van der Waals surface area contributed by atoms with Crippen molar-refractivity contribution in [3.63, 3.8) is 0 Å². The number of benzene rings is 1. The average Bonchev–Trinajstić information content (AvgIpc) is 2.99. The molecule has 4 unspecified atom stereocenters. The number of alkyl halides is 3. The second-order valence-electron chi connectivity index (χ2n) is 8.67. The number of aliphatic hydroxyl groups excluding tert-OH is 1. The number of piperidine rings is 1. The van der Waals surface area contributed by atoms with Gasteiger partial charge in [-0.2, -0.15) is 13.2 Å². The molecular formula is C22H28F3N3O2. The molecule has 2 aliphatic rings. The molecule has 0 spiro atoms. The van der Waals surface area contributed by atoms with Gasteiger partial charge in [-0.05, 0) is 43.5 Å². The fourth-order valence-electron chi connectivity index (χ4n) is 5.43. The molecule has 1 amide bonds. The van der Waals surface area contributed by atoms with Crippen molar-refractivity contribution < 1.29 is 23.1 Å². The van der Waals surface area contributed by atoms with Gasteiger partial charge in [0.1, 0.15) is 5.69 Å². The zero-order valence-corrected chi connectivity index (χ0v) is 17.5. The molecule has 2 N–H and O–H groups in total. The molecule has 1 aliphatic heterocycles. The lowest BCUT2D eigenvalue weighted by Crippen LogP contribution is -2.52. The van der Waals surface area contributed by atoms with E-state index in [-0.39, 0.29) is 36.4 Å². The van der Waals surface area contributed by atoms with Crippen LogP contribution in [0.3, 0.4) is 0 Å². The Morgan fingerprint density at radius 2 is 2.07 bits per heavy atom. The number of nitrogens with one attached hydrogen (secondary N) is 1. The van der Waals surface area contributed by atoms with E-state index in [1.165, 1.54) is 11.6 Å². The maximum Gasteiger partial charge on any atom is 0.431 e. The molecular weight excluding hydrogens is 395 g/mol. The molecule has 30 heavy (non-hydrogen) atoms. The van der Waals surface area contributed by atoms with E-state index < -0.39 is 11.9 Å². The minimum absolute atomic E-state index is 0.00612. The van der Waals surface area contributed by atoms with E-state index in [1.807, 2.05) is 31.0 Å². The Balaban J connectivity index is 1.74. The quantitative estimate of drug-likeness (QED) is 0.795. The van der Waals surface area contributed by atoms with Crippen LogP contribution in [0.2, 0.25) is 0 Å². The Bertz CT molecular complexity index is 965. The summed E-state index contributed by atoms with van der Waals surface area (Å²) >= 11 is 0. The summed E-state index contributed by atoms with van der Waals surface area (Å²) in [7, 11) is 3.37. The molecule has 1 fully saturated rings. The zero-order chi connectivity index (χ0) is 21.8. The van der Waals surface area contributed by atoms with E-state index >= 15 is 0 Å². The third kappa shape index (κ3) is 3.30. The van der Waals surface area contributed by atoms with Gasteiger partial charge >= 0.3 is 6.18 Å². The number of aryl methyl sites for hydroxylation is 1. The van der Waals surface area contributed by atoms with Gasteiger partial charge in [0.25, 0.3) is 0 Å². The van der Waals surface area contributed by atoms with Crippen LogP contribution in [0.25, 0.3) is 10.9 Å². The predicted molar refractivity (Wildman–Crippen MR) is 108 cm³/mol. The van der Waals surface area contributed by atoms with Crippen LogP contribution in [0.4, 0.5) is 13.2 Å². The van der Waals surface area contributed by atoms with Crippen molar-refractivity contribution in [3.8, 4) is 0 Å². The number of likely N-dealkylation sites (N-methyl/N-ethyl adjacent to an activating group) is 1. The first-order valence-electron chi connectivity index (χ1n) is 10.5. The van der Waals surface area contributed by atoms with E-state index in [1.54, 1.807) is 6.07 Å². The lowest BCUT2D eigenvalue weighted by molar-refractivity contribution is -0.143. The number of halogens is 3. The number of likely N-dealkylation sites (tertiary alicyclic amines) is 1. The summed E-state index contributed by atoms with van der Waals surface area (Å²) in [5.74, 6) is -0.365. The average molecular weight is 423 g/mol. The highest BCUT2D eigenvalue weighted by Gasteiger charge is 2.46. The monoisotopic (exact) mass is 423 g/mol. The number of hydrogen-bond donors (Lipinski definition) is 2. The number of amides is 1. The second-order valence-corrected chi connectivity index (χ2v) is 8.67. The summed E-state index contributed by atoms with van der Waals surface area (Å²) in [6.07, 6.45) is -2.85. The molecule has 1 aromatic carbocycles. The van der Waals surface area contributed by atoms with Gasteiger partial charge in [-0.1, -0.05) is 19.1 Å². The molecule has 1 aromatic heterocycles. The summed E-state index contributed by atoms with van der Waals surface area (Å²) in [5.41, 5.74) is 1.31. The van der Waals surface area contributed by atoms with E-state index in [9.17, 15) is 23.1 Å². The van der Waals surface area contributed by atoms with Crippen molar-refractivity contribution in [2.75, 3.05) is 20.2 Å². The zero-order valence-electron chi connectivity index (χ0n) is 17.5. The van der Waals surface area contributed by atoms with E-state index in [4.69, 9.17) is 0 Å². The number of carbonyl (C=O) groups is 1. The van der Waals surface area contributed by atoms with Crippen molar-refractivity contribution in [3.05, 3.63) is 35.0 Å². The number of hydrogen-bond acceptors (Lipinski definition) is 3. The summed E-state index contributed by atoms with van der Waals surface area (Å²) in [4.78, 5) is 14.9. The van der Waals surface area contributed by atoms with Crippen LogP contribution in [0.15, 0.2) is 18.2 Å². The molecule has 0 radical (unpaired) electrons. The number of nitrogens with zero attached hydrogens (tertiary/aromatic N) is 2. The Kier molecular flexibility index (Phi) is 5.34. The summed E-state index contributed by atoms with van der Waals surface area (Å²) in [5, 5.41) is 13.0. The topological polar surface area (TPSA) is 57.5 Å². The maximum absolute atomic E-state index is 13.9. The highest BCUT2D eigenvalue weighted by molar-refractivity contribution is 5.91. The van der Waals surface area contributed by atoms with Crippen molar-refractivity contribution >= 4 is 16.8 Å². The van der Waals surface area contributed by atoms with Gasteiger partial charge in [-0.15, -0.1) is 0 Å². The lowest BCUT2D eigenvalue weighted by Gasteiger charge is -2.45. The van der Waals surface area contributed by atoms with Gasteiger partial charge in [-0.25, -0.2) is 0 Å². The fraction of sp³-hybridized carbons (Fsp3) is 0.591. The Hall–Kier alpha value is -2.06. The standard InChI is InChI=1S/C22H28F3N3O2/c1-4-13(11-29)26-21(30)12-8-15-14-6-5-7-17-19(14)16(9-18(15)27(2)10-12)20(28(17)3)22(23,24)25/h5-7,12-13,15,18,29H,4,8-11H2,1-3H3,(H,26,30). The first kappa shape index (κ1) is 21.2. The molecule has 1 aliphatic carbocycles. The molecule has 4 rings (SSSR count). The molecule has 2 aromatic rings. The molecule has 1 saturated heterocycles. The Labute approximate surface area is 173 Å². The van der Waals surface area contributed by atoms with Crippen LogP contribution in [-0.4, -0.2) is 52.8 Å². The molecule has 164 valence electrons. The van der Waals surface area contributed by atoms with Crippen LogP contribution in [0.1, 0.15) is 42.5 Å². The maximum atomic E-state index is 13.9. The van der Waals surface area contributed by atoms with Crippen molar-refractivity contribution in [2.45, 2.75) is 50.4 Å². The van der Waals surface area contributed by atoms with Crippen molar-refractivity contribution in [2.24, 2.45) is 13.0 Å².